The van der Waals surface area contributed by atoms with Crippen molar-refractivity contribution >= 4 is 17.5 Å². The van der Waals surface area contributed by atoms with E-state index in [0.717, 1.165) is 17.5 Å². The molecule has 1 aliphatic rings. The van der Waals surface area contributed by atoms with E-state index in [4.69, 9.17) is 11.6 Å². The number of hydrogen-bond donors (Lipinski definition) is 1. The second-order valence-electron chi connectivity index (χ2n) is 6.17. The number of amides is 1. The molecule has 1 heterocycles. The van der Waals surface area contributed by atoms with Crippen molar-refractivity contribution in [2.24, 2.45) is 18.9 Å². The third-order valence-corrected chi connectivity index (χ3v) is 4.52. The maximum absolute atomic E-state index is 12.3. The van der Waals surface area contributed by atoms with Crippen molar-refractivity contribution in [2.45, 2.75) is 25.8 Å². The first-order valence-electron chi connectivity index (χ1n) is 7.55. The number of carbonyl (C=O) groups is 1. The average molecular weight is 318 g/mol. The number of aryl methyl sites for hydroxylation is 1. The van der Waals surface area contributed by atoms with Crippen LogP contribution in [0.15, 0.2) is 36.7 Å². The Morgan fingerprint density at radius 2 is 2.14 bits per heavy atom. The van der Waals surface area contributed by atoms with Gasteiger partial charge in [0.25, 0.3) is 0 Å². The van der Waals surface area contributed by atoms with Crippen LogP contribution in [0.2, 0.25) is 5.02 Å². The van der Waals surface area contributed by atoms with Gasteiger partial charge >= 0.3 is 0 Å². The van der Waals surface area contributed by atoms with E-state index in [1.807, 2.05) is 37.5 Å². The Morgan fingerprint density at radius 3 is 2.68 bits per heavy atom. The van der Waals surface area contributed by atoms with Crippen LogP contribution in [0.1, 0.15) is 30.5 Å². The summed E-state index contributed by atoms with van der Waals surface area (Å²) >= 11 is 5.96. The predicted molar refractivity (Wildman–Crippen MR) is 86.5 cm³/mol. The fourth-order valence-corrected chi connectivity index (χ4v) is 3.02. The summed E-state index contributed by atoms with van der Waals surface area (Å²) in [5.41, 5.74) is 2.05. The number of hydrogen-bond acceptors (Lipinski definition) is 2. The standard InChI is InChI=1S/C17H20ClN3O/c1-11-7-15(11)17(13-3-5-14(18)6-4-13)20-16(22)8-12-9-19-21(2)10-12/h3-6,9-11,15,17H,7-8H2,1-2H3,(H,20,22)/t11-,15+,17+/m1/s1. The summed E-state index contributed by atoms with van der Waals surface area (Å²) in [6, 6.07) is 7.83. The molecule has 5 heteroatoms. The quantitative estimate of drug-likeness (QED) is 0.921. The highest BCUT2D eigenvalue weighted by atomic mass is 35.5. The minimum Gasteiger partial charge on any atom is -0.349 e. The number of aromatic nitrogens is 2. The normalized spacial score (nSPS) is 21.4. The number of nitrogens with one attached hydrogen (secondary N) is 1. The molecule has 4 nitrogen and oxygen atoms in total. The van der Waals surface area contributed by atoms with E-state index in [0.29, 0.717) is 23.3 Å². The summed E-state index contributed by atoms with van der Waals surface area (Å²) in [5, 5.41) is 8.00. The van der Waals surface area contributed by atoms with Gasteiger partial charge in [0, 0.05) is 18.3 Å². The molecule has 1 fully saturated rings. The summed E-state index contributed by atoms with van der Waals surface area (Å²) in [6.45, 7) is 2.22. The van der Waals surface area contributed by atoms with E-state index in [9.17, 15) is 4.79 Å². The van der Waals surface area contributed by atoms with Crippen molar-refractivity contribution in [1.29, 1.82) is 0 Å². The molecule has 2 aromatic rings. The van der Waals surface area contributed by atoms with E-state index in [-0.39, 0.29) is 11.9 Å². The summed E-state index contributed by atoms with van der Waals surface area (Å²) in [5.74, 6) is 1.20. The Balaban J connectivity index is 1.70. The fourth-order valence-electron chi connectivity index (χ4n) is 2.90. The maximum atomic E-state index is 12.3. The minimum atomic E-state index is 0.0343. The van der Waals surface area contributed by atoms with Crippen molar-refractivity contribution in [2.75, 3.05) is 0 Å². The van der Waals surface area contributed by atoms with Gasteiger partial charge in [0.1, 0.15) is 0 Å². The minimum absolute atomic E-state index is 0.0343. The van der Waals surface area contributed by atoms with E-state index in [1.165, 1.54) is 0 Å². The van der Waals surface area contributed by atoms with Crippen LogP contribution in [-0.4, -0.2) is 15.7 Å². The van der Waals surface area contributed by atoms with Crippen LogP contribution in [0.3, 0.4) is 0 Å². The number of halogens is 1. The number of nitrogens with zero attached hydrogens (tertiary/aromatic N) is 2. The molecule has 0 spiro atoms. The third-order valence-electron chi connectivity index (χ3n) is 4.27. The molecule has 1 saturated carbocycles. The molecule has 1 amide bonds. The van der Waals surface area contributed by atoms with Gasteiger partial charge in [-0.2, -0.15) is 5.10 Å². The first-order valence-corrected chi connectivity index (χ1v) is 7.93. The molecule has 3 rings (SSSR count). The van der Waals surface area contributed by atoms with Gasteiger partial charge in [-0.15, -0.1) is 0 Å². The van der Waals surface area contributed by atoms with Crippen molar-refractivity contribution < 1.29 is 4.79 Å². The Labute approximate surface area is 135 Å². The van der Waals surface area contributed by atoms with E-state index >= 15 is 0 Å². The van der Waals surface area contributed by atoms with Crippen molar-refractivity contribution in [3.63, 3.8) is 0 Å². The van der Waals surface area contributed by atoms with E-state index < -0.39 is 0 Å². The van der Waals surface area contributed by atoms with Gasteiger partial charge in [0.15, 0.2) is 0 Å². The van der Waals surface area contributed by atoms with Crippen LogP contribution in [0.5, 0.6) is 0 Å². The molecule has 1 aliphatic carbocycles. The molecule has 0 saturated heterocycles. The summed E-state index contributed by atoms with van der Waals surface area (Å²) in [4.78, 5) is 12.3. The van der Waals surface area contributed by atoms with Crippen LogP contribution >= 0.6 is 11.6 Å². The zero-order chi connectivity index (χ0) is 15.7. The second kappa shape index (κ2) is 6.13. The van der Waals surface area contributed by atoms with Gasteiger partial charge in [-0.3, -0.25) is 9.48 Å². The van der Waals surface area contributed by atoms with Crippen LogP contribution < -0.4 is 5.32 Å². The Hall–Kier alpha value is -1.81. The average Bonchev–Trinajstić information content (AvgIpc) is 3.06. The molecule has 1 aromatic heterocycles. The maximum Gasteiger partial charge on any atom is 0.225 e. The third kappa shape index (κ3) is 3.50. The van der Waals surface area contributed by atoms with Crippen LogP contribution in [0, 0.1) is 11.8 Å². The van der Waals surface area contributed by atoms with Crippen LogP contribution in [0.25, 0.3) is 0 Å². The van der Waals surface area contributed by atoms with E-state index in [2.05, 4.69) is 17.3 Å². The van der Waals surface area contributed by atoms with Crippen LogP contribution in [0.4, 0.5) is 0 Å². The van der Waals surface area contributed by atoms with Gasteiger partial charge in [-0.25, -0.2) is 0 Å². The van der Waals surface area contributed by atoms with Crippen LogP contribution in [-0.2, 0) is 18.3 Å². The van der Waals surface area contributed by atoms with E-state index in [1.54, 1.807) is 10.9 Å². The highest BCUT2D eigenvalue weighted by Crippen LogP contribution is 2.47. The number of carbonyl (C=O) groups excluding carboxylic acids is 1. The van der Waals surface area contributed by atoms with Crippen molar-refractivity contribution in [3.8, 4) is 0 Å². The Morgan fingerprint density at radius 1 is 1.45 bits per heavy atom. The molecule has 22 heavy (non-hydrogen) atoms. The fraction of sp³-hybridized carbons (Fsp3) is 0.412. The van der Waals surface area contributed by atoms with Gasteiger partial charge < -0.3 is 5.32 Å². The molecule has 0 unspecified atom stereocenters. The highest BCUT2D eigenvalue weighted by Gasteiger charge is 2.40. The van der Waals surface area contributed by atoms with Gasteiger partial charge in [-0.1, -0.05) is 30.7 Å². The topological polar surface area (TPSA) is 46.9 Å². The summed E-state index contributed by atoms with van der Waals surface area (Å²) in [7, 11) is 1.85. The summed E-state index contributed by atoms with van der Waals surface area (Å²) < 4.78 is 1.71. The van der Waals surface area contributed by atoms with Gasteiger partial charge in [0.2, 0.25) is 5.91 Å². The predicted octanol–water partition coefficient (Wildman–Crippen LogP) is 3.13. The molecule has 1 aromatic carbocycles. The summed E-state index contributed by atoms with van der Waals surface area (Å²) in [6.07, 6.45) is 5.12. The van der Waals surface area contributed by atoms with Crippen molar-refractivity contribution in [3.05, 3.63) is 52.8 Å². The van der Waals surface area contributed by atoms with Crippen molar-refractivity contribution in [1.82, 2.24) is 15.1 Å². The molecule has 3 atom stereocenters. The Bertz CT molecular complexity index is 665. The number of benzene rings is 1. The molecule has 1 N–H and O–H groups in total. The molecular weight excluding hydrogens is 298 g/mol. The molecule has 0 aliphatic heterocycles. The lowest BCUT2D eigenvalue weighted by Gasteiger charge is -2.19. The highest BCUT2D eigenvalue weighted by molar-refractivity contribution is 6.30. The van der Waals surface area contributed by atoms with Gasteiger partial charge in [-0.05, 0) is 41.5 Å². The molecule has 0 bridgehead atoms. The Kier molecular flexibility index (Phi) is 4.21. The first kappa shape index (κ1) is 15.1. The lowest BCUT2D eigenvalue weighted by atomic mass is 10.0. The largest absolute Gasteiger partial charge is 0.349 e. The zero-order valence-corrected chi connectivity index (χ0v) is 13.5. The lowest BCUT2D eigenvalue weighted by Crippen LogP contribution is -2.31. The molecular formula is C17H20ClN3O. The lowest BCUT2D eigenvalue weighted by molar-refractivity contribution is -0.121. The SMILES string of the molecule is C[C@@H]1C[C@@H]1[C@@H](NC(=O)Cc1cnn(C)c1)c1ccc(Cl)cc1. The number of rotatable bonds is 5. The molecule has 0 radical (unpaired) electrons. The second-order valence-corrected chi connectivity index (χ2v) is 6.61. The molecule has 116 valence electrons. The first-order chi connectivity index (χ1) is 10.5. The monoisotopic (exact) mass is 317 g/mol. The smallest absolute Gasteiger partial charge is 0.225 e. The zero-order valence-electron chi connectivity index (χ0n) is 12.8. The van der Waals surface area contributed by atoms with Gasteiger partial charge in [0.05, 0.1) is 18.7 Å².